The van der Waals surface area contributed by atoms with Gasteiger partial charge in [0.25, 0.3) is 0 Å². The number of hydrogen-bond acceptors (Lipinski definition) is 2. The van der Waals surface area contributed by atoms with Crippen molar-refractivity contribution in [3.8, 4) is 0 Å². The Hall–Kier alpha value is -2.16. The van der Waals surface area contributed by atoms with Crippen LogP contribution in [0.2, 0.25) is 5.02 Å². The summed E-state index contributed by atoms with van der Waals surface area (Å²) in [6, 6.07) is 16.2. The van der Waals surface area contributed by atoms with E-state index in [-0.39, 0.29) is 6.61 Å². The molecule has 0 aliphatic rings. The van der Waals surface area contributed by atoms with Crippen LogP contribution in [0.5, 0.6) is 0 Å². The van der Waals surface area contributed by atoms with E-state index in [9.17, 15) is 0 Å². The molecule has 2 rings (SSSR count). The van der Waals surface area contributed by atoms with Gasteiger partial charge in [-0.2, -0.15) is 0 Å². The van der Waals surface area contributed by atoms with Crippen molar-refractivity contribution < 1.29 is 5.11 Å². The first kappa shape index (κ1) is 22.1. The van der Waals surface area contributed by atoms with Gasteiger partial charge in [-0.3, -0.25) is 4.99 Å². The number of allylic oxidation sites excluding steroid dienone is 4. The van der Waals surface area contributed by atoms with Crippen molar-refractivity contribution >= 4 is 17.3 Å². The quantitative estimate of drug-likeness (QED) is 0.378. The molecule has 2 nitrogen and oxygen atoms in total. The van der Waals surface area contributed by atoms with Gasteiger partial charge in [-0.05, 0) is 61.1 Å². The predicted molar refractivity (Wildman–Crippen MR) is 121 cm³/mol. The zero-order chi connectivity index (χ0) is 20.4. The van der Waals surface area contributed by atoms with Gasteiger partial charge in [0.2, 0.25) is 0 Å². The van der Waals surface area contributed by atoms with Gasteiger partial charge in [-0.15, -0.1) is 0 Å². The van der Waals surface area contributed by atoms with E-state index < -0.39 is 0 Å². The SMILES string of the molecule is CC/C=C(/C=C(Cc1ccc(CCO)cc1)\N=C(/C)c1cccc(Cl)c1)CC. The molecule has 148 valence electrons. The molecule has 0 saturated carbocycles. The average Bonchev–Trinajstić information content (AvgIpc) is 2.69. The molecule has 0 heterocycles. The summed E-state index contributed by atoms with van der Waals surface area (Å²) in [6.45, 7) is 6.53. The molecule has 3 heteroatoms. The summed E-state index contributed by atoms with van der Waals surface area (Å²) in [6.07, 6.45) is 7.92. The van der Waals surface area contributed by atoms with E-state index >= 15 is 0 Å². The van der Waals surface area contributed by atoms with Crippen LogP contribution in [0.25, 0.3) is 0 Å². The van der Waals surface area contributed by atoms with Gasteiger partial charge in [-0.1, -0.05) is 73.5 Å². The van der Waals surface area contributed by atoms with E-state index in [4.69, 9.17) is 21.7 Å². The highest BCUT2D eigenvalue weighted by molar-refractivity contribution is 6.31. The monoisotopic (exact) mass is 395 g/mol. The third-order valence-electron chi connectivity index (χ3n) is 4.59. The number of aliphatic imine (C=N–C) groups is 1. The van der Waals surface area contributed by atoms with Crippen LogP contribution < -0.4 is 0 Å². The second kappa shape index (κ2) is 11.6. The Bertz CT molecular complexity index is 847. The van der Waals surface area contributed by atoms with Crippen molar-refractivity contribution in [1.82, 2.24) is 0 Å². The molecule has 28 heavy (non-hydrogen) atoms. The van der Waals surface area contributed by atoms with Gasteiger partial charge in [0.15, 0.2) is 0 Å². The molecule has 0 aliphatic heterocycles. The minimum absolute atomic E-state index is 0.176. The van der Waals surface area contributed by atoms with Crippen LogP contribution >= 0.6 is 11.6 Å². The first-order valence-corrected chi connectivity index (χ1v) is 10.3. The number of nitrogens with zero attached hydrogens (tertiary/aromatic N) is 1. The standard InChI is InChI=1S/C25H30ClNO/c1-4-7-20(5-2)16-25(17-22-12-10-21(11-13-22)14-15-28)27-19(3)23-8-6-9-24(26)18-23/h6-13,16,18,28H,4-5,14-15,17H2,1-3H3/b20-7+,25-16-,27-19+. The molecule has 1 N–H and O–H groups in total. The van der Waals surface area contributed by atoms with E-state index in [0.29, 0.717) is 6.42 Å². The fourth-order valence-corrected chi connectivity index (χ4v) is 3.25. The molecule has 2 aromatic carbocycles. The van der Waals surface area contributed by atoms with Crippen LogP contribution in [0.3, 0.4) is 0 Å². The van der Waals surface area contributed by atoms with E-state index in [0.717, 1.165) is 46.8 Å². The van der Waals surface area contributed by atoms with Gasteiger partial charge in [-0.25, -0.2) is 0 Å². The maximum Gasteiger partial charge on any atom is 0.0471 e. The highest BCUT2D eigenvalue weighted by Gasteiger charge is 2.05. The summed E-state index contributed by atoms with van der Waals surface area (Å²) in [4.78, 5) is 4.95. The predicted octanol–water partition coefficient (Wildman–Crippen LogP) is 6.56. The number of rotatable bonds is 9. The van der Waals surface area contributed by atoms with Crippen LogP contribution in [0, 0.1) is 0 Å². The molecular weight excluding hydrogens is 366 g/mol. The Morgan fingerprint density at radius 1 is 1.07 bits per heavy atom. The summed E-state index contributed by atoms with van der Waals surface area (Å²) < 4.78 is 0. The molecule has 0 aliphatic carbocycles. The fraction of sp³-hybridized carbons (Fsp3) is 0.320. The molecule has 0 aromatic heterocycles. The van der Waals surface area contributed by atoms with E-state index in [1.807, 2.05) is 31.2 Å². The van der Waals surface area contributed by atoms with Crippen molar-refractivity contribution in [2.24, 2.45) is 4.99 Å². The van der Waals surface area contributed by atoms with Gasteiger partial charge in [0.1, 0.15) is 0 Å². The van der Waals surface area contributed by atoms with Gasteiger partial charge in [0.05, 0.1) is 0 Å². The number of hydrogen-bond donors (Lipinski definition) is 1. The lowest BCUT2D eigenvalue weighted by molar-refractivity contribution is 0.299. The first-order valence-electron chi connectivity index (χ1n) is 9.95. The Morgan fingerprint density at radius 2 is 1.79 bits per heavy atom. The molecule has 0 unspecified atom stereocenters. The van der Waals surface area contributed by atoms with Crippen LogP contribution in [0.1, 0.15) is 50.3 Å². The third kappa shape index (κ3) is 7.10. The molecule has 0 fully saturated rings. The lowest BCUT2D eigenvalue weighted by atomic mass is 10.0. The molecule has 0 spiro atoms. The minimum atomic E-state index is 0.176. The van der Waals surface area contributed by atoms with Crippen molar-refractivity contribution in [2.75, 3.05) is 6.61 Å². The van der Waals surface area contributed by atoms with Gasteiger partial charge in [0, 0.05) is 29.5 Å². The van der Waals surface area contributed by atoms with Crippen LogP contribution in [0.15, 0.2) is 76.9 Å². The normalized spacial score (nSPS) is 13.1. The Balaban J connectivity index is 2.35. The number of halogens is 1. The summed E-state index contributed by atoms with van der Waals surface area (Å²) in [5.41, 5.74) is 6.69. The summed E-state index contributed by atoms with van der Waals surface area (Å²) in [7, 11) is 0. The van der Waals surface area contributed by atoms with Gasteiger partial charge >= 0.3 is 0 Å². The van der Waals surface area contributed by atoms with Crippen LogP contribution in [0.4, 0.5) is 0 Å². The Labute approximate surface area is 174 Å². The van der Waals surface area contributed by atoms with E-state index in [1.165, 1.54) is 11.1 Å². The second-order valence-electron chi connectivity index (χ2n) is 6.85. The van der Waals surface area contributed by atoms with Crippen molar-refractivity contribution in [1.29, 1.82) is 0 Å². The van der Waals surface area contributed by atoms with Crippen LogP contribution in [-0.2, 0) is 12.8 Å². The zero-order valence-electron chi connectivity index (χ0n) is 17.1. The zero-order valence-corrected chi connectivity index (χ0v) is 17.8. The average molecular weight is 396 g/mol. The Morgan fingerprint density at radius 3 is 2.39 bits per heavy atom. The highest BCUT2D eigenvalue weighted by atomic mass is 35.5. The summed E-state index contributed by atoms with van der Waals surface area (Å²) >= 11 is 6.15. The first-order chi connectivity index (χ1) is 13.5. The lowest BCUT2D eigenvalue weighted by Gasteiger charge is -2.09. The second-order valence-corrected chi connectivity index (χ2v) is 7.29. The van der Waals surface area contributed by atoms with Crippen molar-refractivity contribution in [3.05, 3.63) is 93.7 Å². The van der Waals surface area contributed by atoms with Crippen LogP contribution in [-0.4, -0.2) is 17.4 Å². The molecule has 0 amide bonds. The minimum Gasteiger partial charge on any atom is -0.396 e. The largest absolute Gasteiger partial charge is 0.396 e. The Kier molecular flexibility index (Phi) is 9.19. The molecule has 0 atom stereocenters. The topological polar surface area (TPSA) is 32.6 Å². The lowest BCUT2D eigenvalue weighted by Crippen LogP contribution is -1.99. The molecular formula is C25H30ClNO. The summed E-state index contributed by atoms with van der Waals surface area (Å²) in [5, 5.41) is 9.82. The highest BCUT2D eigenvalue weighted by Crippen LogP contribution is 2.18. The maximum atomic E-state index is 9.10. The molecule has 0 radical (unpaired) electrons. The smallest absolute Gasteiger partial charge is 0.0471 e. The van der Waals surface area contributed by atoms with Crippen molar-refractivity contribution in [2.45, 2.75) is 46.5 Å². The molecule has 0 saturated heterocycles. The number of aliphatic hydroxyl groups excluding tert-OH is 1. The molecule has 2 aromatic rings. The van der Waals surface area contributed by atoms with Crippen molar-refractivity contribution in [3.63, 3.8) is 0 Å². The number of aliphatic hydroxyl groups is 1. The summed E-state index contributed by atoms with van der Waals surface area (Å²) in [5.74, 6) is 0. The third-order valence-corrected chi connectivity index (χ3v) is 4.82. The van der Waals surface area contributed by atoms with E-state index in [1.54, 1.807) is 0 Å². The van der Waals surface area contributed by atoms with Gasteiger partial charge < -0.3 is 5.11 Å². The molecule has 0 bridgehead atoms. The number of benzene rings is 2. The fourth-order valence-electron chi connectivity index (χ4n) is 3.06. The maximum absolute atomic E-state index is 9.10. The van der Waals surface area contributed by atoms with E-state index in [2.05, 4.69) is 50.3 Å².